The Hall–Kier alpha value is -1.15. The van der Waals surface area contributed by atoms with Crippen molar-refractivity contribution < 1.29 is 9.53 Å². The van der Waals surface area contributed by atoms with Crippen LogP contribution in [0.4, 0.5) is 0 Å². The Balaban J connectivity index is 2.34. The van der Waals surface area contributed by atoms with Gasteiger partial charge < -0.3 is 4.74 Å². The summed E-state index contributed by atoms with van der Waals surface area (Å²) in [7, 11) is 1.59. The predicted octanol–water partition coefficient (Wildman–Crippen LogP) is 3.56. The molecule has 0 atom stereocenters. The van der Waals surface area contributed by atoms with Crippen molar-refractivity contribution in [2.24, 2.45) is 0 Å². The largest absolute Gasteiger partial charge is 0.371 e. The lowest BCUT2D eigenvalue weighted by Gasteiger charge is -2.29. The maximum Gasteiger partial charge on any atom is 0.194 e. The topological polar surface area (TPSA) is 26.3 Å². The van der Waals surface area contributed by atoms with Gasteiger partial charge in [0.15, 0.2) is 5.78 Å². The Morgan fingerprint density at radius 1 is 1.29 bits per heavy atom. The van der Waals surface area contributed by atoms with Crippen LogP contribution in [0.1, 0.15) is 54.9 Å². The van der Waals surface area contributed by atoms with Gasteiger partial charge in [-0.3, -0.25) is 4.79 Å². The molecule has 1 aromatic carbocycles. The lowest BCUT2D eigenvalue weighted by molar-refractivity contribution is 0.0226. The van der Waals surface area contributed by atoms with Gasteiger partial charge >= 0.3 is 0 Å². The number of benzene rings is 1. The molecule has 0 heterocycles. The van der Waals surface area contributed by atoms with Crippen molar-refractivity contribution in [3.8, 4) is 0 Å². The Bertz CT molecular complexity index is 417. The first-order valence-corrected chi connectivity index (χ1v) is 6.25. The number of carbonyl (C=O) groups excluding carboxylic acids is 1. The van der Waals surface area contributed by atoms with Crippen LogP contribution in [-0.4, -0.2) is 18.5 Å². The number of hydrogen-bond donors (Lipinski definition) is 0. The molecule has 0 unspecified atom stereocenters. The van der Waals surface area contributed by atoms with Crippen molar-refractivity contribution in [3.05, 3.63) is 35.4 Å². The minimum atomic E-state index is -0.736. The van der Waals surface area contributed by atoms with E-state index in [1.165, 1.54) is 24.8 Å². The number of methoxy groups -OCH3 is 1. The highest BCUT2D eigenvalue weighted by Crippen LogP contribution is 2.38. The van der Waals surface area contributed by atoms with Crippen LogP contribution < -0.4 is 0 Å². The van der Waals surface area contributed by atoms with Crippen molar-refractivity contribution in [3.63, 3.8) is 0 Å². The number of Topliss-reactive ketones (excluding diaryl/α,β-unsaturated/α-hetero) is 1. The Labute approximate surface area is 103 Å². The molecule has 1 aliphatic rings. The summed E-state index contributed by atoms with van der Waals surface area (Å²) in [6.45, 7) is 3.65. The van der Waals surface area contributed by atoms with Crippen LogP contribution in [-0.2, 0) is 4.74 Å². The second kappa shape index (κ2) is 4.61. The number of ether oxygens (including phenoxy) is 1. The van der Waals surface area contributed by atoms with E-state index in [-0.39, 0.29) is 5.78 Å². The van der Waals surface area contributed by atoms with E-state index in [9.17, 15) is 4.79 Å². The molecule has 0 radical (unpaired) electrons. The number of ketones is 1. The van der Waals surface area contributed by atoms with Crippen LogP contribution >= 0.6 is 0 Å². The molecular formula is C15H20O2. The lowest BCUT2D eigenvalue weighted by Crippen LogP contribution is -2.34. The van der Waals surface area contributed by atoms with E-state index >= 15 is 0 Å². The zero-order chi connectivity index (χ0) is 12.5. The first-order valence-electron chi connectivity index (χ1n) is 6.25. The van der Waals surface area contributed by atoms with E-state index in [1.807, 2.05) is 32.0 Å². The predicted molar refractivity (Wildman–Crippen MR) is 68.5 cm³/mol. The molecule has 0 aromatic heterocycles. The van der Waals surface area contributed by atoms with Gasteiger partial charge in [0.25, 0.3) is 0 Å². The van der Waals surface area contributed by atoms with Crippen LogP contribution in [0.2, 0.25) is 0 Å². The van der Waals surface area contributed by atoms with Gasteiger partial charge in [0.05, 0.1) is 0 Å². The van der Waals surface area contributed by atoms with Crippen molar-refractivity contribution in [2.75, 3.05) is 7.11 Å². The van der Waals surface area contributed by atoms with Crippen LogP contribution in [0.15, 0.2) is 24.3 Å². The Morgan fingerprint density at radius 3 is 2.47 bits per heavy atom. The highest BCUT2D eigenvalue weighted by molar-refractivity contribution is 6.03. The number of hydrogen-bond acceptors (Lipinski definition) is 2. The zero-order valence-electron chi connectivity index (χ0n) is 10.8. The average Bonchev–Trinajstić information content (AvgIpc) is 2.26. The molecule has 1 saturated carbocycles. The molecule has 2 nitrogen and oxygen atoms in total. The molecule has 0 amide bonds. The summed E-state index contributed by atoms with van der Waals surface area (Å²) in [6, 6.07) is 7.96. The minimum absolute atomic E-state index is 0.0856. The molecule has 1 fully saturated rings. The van der Waals surface area contributed by atoms with Crippen LogP contribution in [0.25, 0.3) is 0 Å². The SMILES string of the molecule is COC(C)(C)C(=O)c1ccccc1C1CCC1. The molecule has 2 rings (SSSR count). The monoisotopic (exact) mass is 232 g/mol. The van der Waals surface area contributed by atoms with Gasteiger partial charge in [0.1, 0.15) is 5.60 Å². The van der Waals surface area contributed by atoms with E-state index in [2.05, 4.69) is 6.07 Å². The fourth-order valence-corrected chi connectivity index (χ4v) is 2.20. The van der Waals surface area contributed by atoms with Gasteiger partial charge in [-0.2, -0.15) is 0 Å². The van der Waals surface area contributed by atoms with Gasteiger partial charge in [-0.1, -0.05) is 30.7 Å². The normalized spacial score (nSPS) is 16.6. The van der Waals surface area contributed by atoms with Gasteiger partial charge in [0.2, 0.25) is 0 Å². The van der Waals surface area contributed by atoms with E-state index < -0.39 is 5.60 Å². The van der Waals surface area contributed by atoms with Gasteiger partial charge in [0, 0.05) is 12.7 Å². The fraction of sp³-hybridized carbons (Fsp3) is 0.533. The summed E-state index contributed by atoms with van der Waals surface area (Å²) < 4.78 is 5.29. The zero-order valence-corrected chi connectivity index (χ0v) is 10.8. The lowest BCUT2D eigenvalue weighted by atomic mass is 9.76. The van der Waals surface area contributed by atoms with E-state index in [0.717, 1.165) is 5.56 Å². The Kier molecular flexibility index (Phi) is 3.34. The third-order valence-electron chi connectivity index (χ3n) is 3.81. The smallest absolute Gasteiger partial charge is 0.194 e. The summed E-state index contributed by atoms with van der Waals surface area (Å²) >= 11 is 0. The first-order chi connectivity index (χ1) is 8.06. The van der Waals surface area contributed by atoms with Gasteiger partial charge in [-0.05, 0) is 38.2 Å². The Morgan fingerprint density at radius 2 is 1.94 bits per heavy atom. The maximum absolute atomic E-state index is 12.4. The van der Waals surface area contributed by atoms with E-state index in [1.54, 1.807) is 7.11 Å². The fourth-order valence-electron chi connectivity index (χ4n) is 2.20. The van der Waals surface area contributed by atoms with Crippen molar-refractivity contribution in [1.82, 2.24) is 0 Å². The summed E-state index contributed by atoms with van der Waals surface area (Å²) in [5, 5.41) is 0. The van der Waals surface area contributed by atoms with Gasteiger partial charge in [-0.15, -0.1) is 0 Å². The van der Waals surface area contributed by atoms with Crippen LogP contribution in [0, 0.1) is 0 Å². The van der Waals surface area contributed by atoms with Crippen LogP contribution in [0.3, 0.4) is 0 Å². The maximum atomic E-state index is 12.4. The molecule has 0 spiro atoms. The highest BCUT2D eigenvalue weighted by Gasteiger charge is 2.32. The second-order valence-electron chi connectivity index (χ2n) is 5.26. The molecule has 0 bridgehead atoms. The molecular weight excluding hydrogens is 212 g/mol. The molecule has 2 heteroatoms. The first kappa shape index (κ1) is 12.3. The molecule has 1 aliphatic carbocycles. The van der Waals surface area contributed by atoms with E-state index in [4.69, 9.17) is 4.74 Å². The molecule has 92 valence electrons. The van der Waals surface area contributed by atoms with Crippen molar-refractivity contribution >= 4 is 5.78 Å². The third-order valence-corrected chi connectivity index (χ3v) is 3.81. The summed E-state index contributed by atoms with van der Waals surface area (Å²) in [5.74, 6) is 0.658. The van der Waals surface area contributed by atoms with Crippen molar-refractivity contribution in [2.45, 2.75) is 44.6 Å². The molecule has 0 N–H and O–H groups in total. The highest BCUT2D eigenvalue weighted by atomic mass is 16.5. The van der Waals surface area contributed by atoms with Gasteiger partial charge in [-0.25, -0.2) is 0 Å². The summed E-state index contributed by atoms with van der Waals surface area (Å²) in [4.78, 5) is 12.4. The average molecular weight is 232 g/mol. The molecule has 0 aliphatic heterocycles. The number of rotatable bonds is 4. The van der Waals surface area contributed by atoms with Crippen molar-refractivity contribution in [1.29, 1.82) is 0 Å². The van der Waals surface area contributed by atoms with E-state index in [0.29, 0.717) is 5.92 Å². The second-order valence-corrected chi connectivity index (χ2v) is 5.26. The molecule has 1 aromatic rings. The molecule has 17 heavy (non-hydrogen) atoms. The standard InChI is InChI=1S/C15H20O2/c1-15(2,17-3)14(16)13-10-5-4-9-12(13)11-7-6-8-11/h4-5,9-11H,6-8H2,1-3H3. The quantitative estimate of drug-likeness (QED) is 0.742. The third kappa shape index (κ3) is 2.27. The minimum Gasteiger partial charge on any atom is -0.371 e. The summed E-state index contributed by atoms with van der Waals surface area (Å²) in [5.41, 5.74) is 1.30. The number of carbonyl (C=O) groups is 1. The molecule has 0 saturated heterocycles. The van der Waals surface area contributed by atoms with Crippen LogP contribution in [0.5, 0.6) is 0 Å². The summed E-state index contributed by atoms with van der Waals surface area (Å²) in [6.07, 6.45) is 3.69.